The molecular weight excluding hydrogens is 328 g/mol. The number of hydrogen-bond donors (Lipinski definition) is 1. The minimum atomic E-state index is -0.0612. The van der Waals surface area contributed by atoms with Crippen LogP contribution < -0.4 is 11.4 Å². The Labute approximate surface area is 140 Å². The second kappa shape index (κ2) is 5.64. The van der Waals surface area contributed by atoms with Gasteiger partial charge in [0.05, 0.1) is 16.7 Å². The van der Waals surface area contributed by atoms with E-state index in [2.05, 4.69) is 20.4 Å². The molecule has 0 aliphatic carbocycles. The Hall–Kier alpha value is -2.88. The molecule has 1 aromatic carbocycles. The summed E-state index contributed by atoms with van der Waals surface area (Å²) in [6.45, 7) is 2.44. The molecule has 10 heteroatoms. The van der Waals surface area contributed by atoms with Crippen LogP contribution in [0.15, 0.2) is 40.5 Å². The lowest BCUT2D eigenvalue weighted by Gasteiger charge is -2.09. The Morgan fingerprint density at radius 1 is 1.21 bits per heavy atom. The number of nitrogens with two attached hydrogens (primary N) is 1. The monoisotopic (exact) mass is 342 g/mol. The third-order valence-corrected chi connectivity index (χ3v) is 4.71. The van der Waals surface area contributed by atoms with Gasteiger partial charge in [0.2, 0.25) is 10.9 Å². The van der Waals surface area contributed by atoms with Gasteiger partial charge in [-0.3, -0.25) is 13.8 Å². The highest BCUT2D eigenvalue weighted by Gasteiger charge is 2.16. The standard InChI is InChI=1S/C14H14N8OS/c1-2-20-12(23)9-5-3-4-6-10(9)22-11(17-18-13(20)22)7-24-14-19-16-8-21(14)15/h3-6,8H,2,7,15H2,1H3. The van der Waals surface area contributed by atoms with Gasteiger partial charge in [-0.15, -0.1) is 20.4 Å². The van der Waals surface area contributed by atoms with Gasteiger partial charge in [-0.2, -0.15) is 0 Å². The highest BCUT2D eigenvalue weighted by molar-refractivity contribution is 7.98. The number of nitrogen functional groups attached to an aromatic ring is 1. The van der Waals surface area contributed by atoms with E-state index in [1.807, 2.05) is 35.6 Å². The molecule has 0 saturated heterocycles. The number of aromatic nitrogens is 7. The fourth-order valence-corrected chi connectivity index (χ4v) is 3.40. The number of fused-ring (bicyclic) bond motifs is 3. The molecule has 0 aliphatic heterocycles. The zero-order valence-electron chi connectivity index (χ0n) is 12.8. The zero-order valence-corrected chi connectivity index (χ0v) is 13.6. The van der Waals surface area contributed by atoms with E-state index in [0.29, 0.717) is 28.6 Å². The van der Waals surface area contributed by atoms with Crippen LogP contribution in [0.5, 0.6) is 0 Å². The molecule has 24 heavy (non-hydrogen) atoms. The summed E-state index contributed by atoms with van der Waals surface area (Å²) in [5.74, 6) is 7.49. The van der Waals surface area contributed by atoms with Crippen molar-refractivity contribution < 1.29 is 0 Å². The van der Waals surface area contributed by atoms with E-state index in [9.17, 15) is 4.79 Å². The van der Waals surface area contributed by atoms with Crippen LogP contribution in [0.1, 0.15) is 12.7 Å². The molecule has 0 radical (unpaired) electrons. The maximum absolute atomic E-state index is 12.6. The van der Waals surface area contributed by atoms with Crippen LogP contribution in [-0.4, -0.2) is 34.0 Å². The molecule has 0 spiro atoms. The first-order valence-corrected chi connectivity index (χ1v) is 8.32. The van der Waals surface area contributed by atoms with Gasteiger partial charge < -0.3 is 5.84 Å². The molecule has 0 fully saturated rings. The molecule has 4 aromatic rings. The van der Waals surface area contributed by atoms with Crippen LogP contribution in [-0.2, 0) is 12.3 Å². The van der Waals surface area contributed by atoms with Gasteiger partial charge in [0.25, 0.3) is 5.56 Å². The maximum Gasteiger partial charge on any atom is 0.262 e. The van der Waals surface area contributed by atoms with Gasteiger partial charge in [-0.25, -0.2) is 4.68 Å². The lowest BCUT2D eigenvalue weighted by molar-refractivity contribution is 0.735. The summed E-state index contributed by atoms with van der Waals surface area (Å²) in [7, 11) is 0. The first kappa shape index (κ1) is 14.7. The molecule has 3 aromatic heterocycles. The van der Waals surface area contributed by atoms with Gasteiger partial charge in [0.1, 0.15) is 12.2 Å². The second-order valence-electron chi connectivity index (χ2n) is 5.13. The molecule has 0 amide bonds. The predicted octanol–water partition coefficient (Wildman–Crippen LogP) is 0.662. The van der Waals surface area contributed by atoms with Crippen molar-refractivity contribution in [2.45, 2.75) is 24.4 Å². The van der Waals surface area contributed by atoms with Crippen molar-refractivity contribution in [2.24, 2.45) is 0 Å². The lowest BCUT2D eigenvalue weighted by Crippen LogP contribution is -2.22. The Morgan fingerprint density at radius 3 is 2.79 bits per heavy atom. The molecule has 0 unspecified atom stereocenters. The van der Waals surface area contributed by atoms with E-state index in [1.54, 1.807) is 4.57 Å². The smallest absolute Gasteiger partial charge is 0.262 e. The van der Waals surface area contributed by atoms with Gasteiger partial charge in [0, 0.05) is 6.54 Å². The summed E-state index contributed by atoms with van der Waals surface area (Å²) in [5.41, 5.74) is 0.728. The quantitative estimate of drug-likeness (QED) is 0.428. The molecule has 0 saturated carbocycles. The van der Waals surface area contributed by atoms with Crippen LogP contribution >= 0.6 is 11.8 Å². The summed E-state index contributed by atoms with van der Waals surface area (Å²) >= 11 is 1.41. The fraction of sp³-hybridized carbons (Fsp3) is 0.214. The summed E-state index contributed by atoms with van der Waals surface area (Å²) in [4.78, 5) is 12.6. The number of rotatable bonds is 4. The van der Waals surface area contributed by atoms with Crippen LogP contribution in [0.3, 0.4) is 0 Å². The molecule has 9 nitrogen and oxygen atoms in total. The number of para-hydroxylation sites is 1. The van der Waals surface area contributed by atoms with E-state index < -0.39 is 0 Å². The molecule has 3 heterocycles. The molecule has 2 N–H and O–H groups in total. The van der Waals surface area contributed by atoms with E-state index >= 15 is 0 Å². The van der Waals surface area contributed by atoms with Crippen molar-refractivity contribution in [3.63, 3.8) is 0 Å². The van der Waals surface area contributed by atoms with Crippen molar-refractivity contribution in [1.29, 1.82) is 0 Å². The lowest BCUT2D eigenvalue weighted by atomic mass is 10.2. The zero-order chi connectivity index (χ0) is 16.7. The average Bonchev–Trinajstić information content (AvgIpc) is 3.20. The van der Waals surface area contributed by atoms with Gasteiger partial charge in [0.15, 0.2) is 0 Å². The number of thioether (sulfide) groups is 1. The minimum Gasteiger partial charge on any atom is -0.336 e. The largest absolute Gasteiger partial charge is 0.336 e. The van der Waals surface area contributed by atoms with Crippen molar-refractivity contribution in [3.05, 3.63) is 46.8 Å². The third kappa shape index (κ3) is 2.14. The van der Waals surface area contributed by atoms with Gasteiger partial charge in [-0.05, 0) is 19.1 Å². The normalized spacial score (nSPS) is 11.5. The van der Waals surface area contributed by atoms with Crippen LogP contribution in [0, 0.1) is 0 Å². The first-order chi connectivity index (χ1) is 11.7. The molecular formula is C14H14N8OS. The summed E-state index contributed by atoms with van der Waals surface area (Å²) in [6.07, 6.45) is 1.44. The second-order valence-corrected chi connectivity index (χ2v) is 6.07. The van der Waals surface area contributed by atoms with E-state index in [1.165, 1.54) is 22.8 Å². The first-order valence-electron chi connectivity index (χ1n) is 7.34. The summed E-state index contributed by atoms with van der Waals surface area (Å²) < 4.78 is 4.88. The Morgan fingerprint density at radius 2 is 2.04 bits per heavy atom. The minimum absolute atomic E-state index is 0.0612. The molecule has 0 bridgehead atoms. The van der Waals surface area contributed by atoms with Crippen LogP contribution in [0.25, 0.3) is 16.7 Å². The van der Waals surface area contributed by atoms with Crippen LogP contribution in [0.2, 0.25) is 0 Å². The number of hydrogen-bond acceptors (Lipinski definition) is 7. The molecule has 122 valence electrons. The van der Waals surface area contributed by atoms with Crippen molar-refractivity contribution in [1.82, 2.24) is 34.0 Å². The summed E-state index contributed by atoms with van der Waals surface area (Å²) in [6, 6.07) is 7.46. The van der Waals surface area contributed by atoms with E-state index in [4.69, 9.17) is 5.84 Å². The highest BCUT2D eigenvalue weighted by atomic mass is 32.2. The highest BCUT2D eigenvalue weighted by Crippen LogP contribution is 2.21. The van der Waals surface area contributed by atoms with E-state index in [-0.39, 0.29) is 5.56 Å². The number of aryl methyl sites for hydroxylation is 1. The molecule has 0 atom stereocenters. The SMILES string of the molecule is CCn1c(=O)c2ccccc2n2c(CSc3nncn3N)nnc12. The Balaban J connectivity index is 1.90. The van der Waals surface area contributed by atoms with Gasteiger partial charge in [-0.1, -0.05) is 23.9 Å². The number of nitrogens with zero attached hydrogens (tertiary/aromatic N) is 7. The van der Waals surface area contributed by atoms with E-state index in [0.717, 1.165) is 11.3 Å². The van der Waals surface area contributed by atoms with Crippen LogP contribution in [0.4, 0.5) is 0 Å². The average molecular weight is 342 g/mol. The fourth-order valence-electron chi connectivity index (χ4n) is 2.66. The number of benzene rings is 1. The maximum atomic E-state index is 12.6. The summed E-state index contributed by atoms with van der Waals surface area (Å²) in [5, 5.41) is 17.4. The van der Waals surface area contributed by atoms with Crippen molar-refractivity contribution in [3.8, 4) is 0 Å². The van der Waals surface area contributed by atoms with Gasteiger partial charge >= 0.3 is 0 Å². The Kier molecular flexibility index (Phi) is 3.45. The third-order valence-electron chi connectivity index (χ3n) is 3.76. The van der Waals surface area contributed by atoms with Crippen molar-refractivity contribution in [2.75, 3.05) is 5.84 Å². The Bertz CT molecular complexity index is 1100. The predicted molar refractivity (Wildman–Crippen MR) is 90.2 cm³/mol. The van der Waals surface area contributed by atoms with Crippen molar-refractivity contribution >= 4 is 28.4 Å². The molecule has 4 rings (SSSR count). The topological polar surface area (TPSA) is 109 Å². The molecule has 0 aliphatic rings.